The zero-order valence-corrected chi connectivity index (χ0v) is 13.1. The molecule has 4 heteroatoms. The van der Waals surface area contributed by atoms with Crippen LogP contribution in [-0.2, 0) is 6.42 Å². The van der Waals surface area contributed by atoms with Crippen molar-refractivity contribution < 1.29 is 9.84 Å². The highest BCUT2D eigenvalue weighted by Crippen LogP contribution is 2.41. The average molecular weight is 298 g/mol. The van der Waals surface area contributed by atoms with Gasteiger partial charge in [0.05, 0.1) is 19.3 Å². The molecule has 0 aliphatic carbocycles. The van der Waals surface area contributed by atoms with Crippen molar-refractivity contribution >= 4 is 10.9 Å². The highest BCUT2D eigenvalue weighted by atomic mass is 16.5. The number of aliphatic hydroxyl groups excluding tert-OH is 1. The summed E-state index contributed by atoms with van der Waals surface area (Å²) in [5.41, 5.74) is 5.04. The van der Waals surface area contributed by atoms with E-state index < -0.39 is 0 Å². The van der Waals surface area contributed by atoms with Crippen molar-refractivity contribution in [1.82, 2.24) is 9.88 Å². The smallest absolute Gasteiger partial charge is 0.128 e. The van der Waals surface area contributed by atoms with Gasteiger partial charge in [-0.1, -0.05) is 12.1 Å². The summed E-state index contributed by atoms with van der Waals surface area (Å²) in [4.78, 5) is 6.10. The van der Waals surface area contributed by atoms with Crippen LogP contribution in [0.4, 0.5) is 0 Å². The third kappa shape index (κ3) is 1.98. The first-order valence-electron chi connectivity index (χ1n) is 7.97. The highest BCUT2D eigenvalue weighted by molar-refractivity contribution is 5.91. The third-order valence-electron chi connectivity index (χ3n) is 5.09. The summed E-state index contributed by atoms with van der Waals surface area (Å²) in [7, 11) is 1.74. The molecule has 2 aromatic rings. The van der Waals surface area contributed by atoms with Gasteiger partial charge < -0.3 is 14.8 Å². The van der Waals surface area contributed by atoms with E-state index in [4.69, 9.17) is 4.74 Å². The van der Waals surface area contributed by atoms with E-state index in [-0.39, 0.29) is 6.10 Å². The number of aromatic nitrogens is 1. The quantitative estimate of drug-likeness (QED) is 0.838. The molecule has 4 rings (SSSR count). The monoisotopic (exact) mass is 298 g/mol. The molecule has 22 heavy (non-hydrogen) atoms. The maximum atomic E-state index is 9.83. The number of ether oxygens (including phenoxy) is 1. The molecular weight excluding hydrogens is 276 g/mol. The maximum absolute atomic E-state index is 9.83. The predicted octanol–water partition coefficient (Wildman–Crippen LogP) is 2.79. The van der Waals surface area contributed by atoms with Crippen molar-refractivity contribution in [2.24, 2.45) is 0 Å². The summed E-state index contributed by atoms with van der Waals surface area (Å²) < 4.78 is 5.56. The van der Waals surface area contributed by atoms with E-state index in [9.17, 15) is 5.11 Å². The molecule has 0 radical (unpaired) electrons. The van der Waals surface area contributed by atoms with Crippen LogP contribution in [0.2, 0.25) is 0 Å². The van der Waals surface area contributed by atoms with E-state index in [1.165, 1.54) is 16.6 Å². The molecule has 2 atom stereocenters. The van der Waals surface area contributed by atoms with Crippen LogP contribution in [0.1, 0.15) is 30.6 Å². The van der Waals surface area contributed by atoms with E-state index in [0.29, 0.717) is 6.04 Å². The zero-order chi connectivity index (χ0) is 15.3. The molecule has 0 saturated heterocycles. The molecule has 0 saturated carbocycles. The Bertz CT molecular complexity index is 745. The van der Waals surface area contributed by atoms with Gasteiger partial charge in [0.2, 0.25) is 0 Å². The first-order chi connectivity index (χ1) is 10.7. The normalized spacial score (nSPS) is 22.9. The van der Waals surface area contributed by atoms with Crippen LogP contribution in [0, 0.1) is 0 Å². The van der Waals surface area contributed by atoms with Crippen LogP contribution in [0.3, 0.4) is 0 Å². The van der Waals surface area contributed by atoms with E-state index in [1.807, 2.05) is 19.1 Å². The molecular formula is C18H22N2O2. The van der Waals surface area contributed by atoms with Gasteiger partial charge in [-0.15, -0.1) is 0 Å². The largest absolute Gasteiger partial charge is 0.496 e. The fourth-order valence-electron chi connectivity index (χ4n) is 3.93. The molecule has 0 spiro atoms. The lowest BCUT2D eigenvalue weighted by Crippen LogP contribution is -2.40. The van der Waals surface area contributed by atoms with Gasteiger partial charge in [-0.2, -0.15) is 0 Å². The Hall–Kier alpha value is -1.78. The lowest BCUT2D eigenvalue weighted by Gasteiger charge is -2.39. The van der Waals surface area contributed by atoms with Gasteiger partial charge in [-0.3, -0.25) is 4.90 Å². The van der Waals surface area contributed by atoms with Gasteiger partial charge in [0.1, 0.15) is 5.75 Å². The number of nitrogens with zero attached hydrogens (tertiary/aromatic N) is 1. The van der Waals surface area contributed by atoms with Gasteiger partial charge >= 0.3 is 0 Å². The fraction of sp³-hybridized carbons (Fsp3) is 0.444. The van der Waals surface area contributed by atoms with E-state index in [2.05, 4.69) is 22.0 Å². The number of nitrogens with one attached hydrogen (secondary N) is 1. The Kier molecular flexibility index (Phi) is 3.24. The average Bonchev–Trinajstić information content (AvgIpc) is 2.93. The molecule has 3 heterocycles. The second-order valence-corrected chi connectivity index (χ2v) is 6.33. The number of aliphatic hydroxyl groups is 1. The SMILES string of the molecule is COc1cccc2[nH]c3c(c12)CCN1CC([C@@H](C)O)=CC[C@@H]31. The molecule has 1 aromatic carbocycles. The van der Waals surface area contributed by atoms with Gasteiger partial charge in [-0.05, 0) is 43.0 Å². The van der Waals surface area contributed by atoms with Crippen molar-refractivity contribution in [2.75, 3.05) is 20.2 Å². The van der Waals surface area contributed by atoms with Crippen molar-refractivity contribution in [3.8, 4) is 5.75 Å². The van der Waals surface area contributed by atoms with Crippen LogP contribution in [0.25, 0.3) is 10.9 Å². The number of methoxy groups -OCH3 is 1. The predicted molar refractivity (Wildman–Crippen MR) is 87.2 cm³/mol. The number of rotatable bonds is 2. The molecule has 116 valence electrons. The first kappa shape index (κ1) is 13.9. The minimum absolute atomic E-state index is 0.342. The van der Waals surface area contributed by atoms with E-state index in [0.717, 1.165) is 42.8 Å². The molecule has 2 aliphatic heterocycles. The molecule has 1 aromatic heterocycles. The molecule has 2 aliphatic rings. The van der Waals surface area contributed by atoms with Crippen molar-refractivity contribution in [3.05, 3.63) is 41.1 Å². The molecule has 0 fully saturated rings. The second-order valence-electron chi connectivity index (χ2n) is 6.33. The van der Waals surface area contributed by atoms with Crippen molar-refractivity contribution in [1.29, 1.82) is 0 Å². The molecule has 0 unspecified atom stereocenters. The number of hydrogen-bond donors (Lipinski definition) is 2. The van der Waals surface area contributed by atoms with Gasteiger partial charge in [0.25, 0.3) is 0 Å². The molecule has 2 N–H and O–H groups in total. The Balaban J connectivity index is 1.80. The van der Waals surface area contributed by atoms with E-state index in [1.54, 1.807) is 7.11 Å². The summed E-state index contributed by atoms with van der Waals surface area (Å²) >= 11 is 0. The number of benzene rings is 1. The van der Waals surface area contributed by atoms with Gasteiger partial charge in [0.15, 0.2) is 0 Å². The van der Waals surface area contributed by atoms with Crippen LogP contribution in [0.5, 0.6) is 5.75 Å². The third-order valence-corrected chi connectivity index (χ3v) is 5.09. The topological polar surface area (TPSA) is 48.5 Å². The number of hydrogen-bond acceptors (Lipinski definition) is 3. The Morgan fingerprint density at radius 3 is 3.05 bits per heavy atom. The zero-order valence-electron chi connectivity index (χ0n) is 13.1. The molecule has 0 amide bonds. The van der Waals surface area contributed by atoms with Crippen LogP contribution in [0.15, 0.2) is 29.8 Å². The summed E-state index contributed by atoms with van der Waals surface area (Å²) in [6.07, 6.45) is 3.86. The van der Waals surface area contributed by atoms with E-state index >= 15 is 0 Å². The Morgan fingerprint density at radius 1 is 1.41 bits per heavy atom. The molecule has 0 bridgehead atoms. The first-order valence-corrected chi connectivity index (χ1v) is 7.97. The lowest BCUT2D eigenvalue weighted by molar-refractivity contribution is 0.156. The number of fused-ring (bicyclic) bond motifs is 5. The molecule has 4 nitrogen and oxygen atoms in total. The Labute approximate surface area is 130 Å². The maximum Gasteiger partial charge on any atom is 0.128 e. The summed E-state index contributed by atoms with van der Waals surface area (Å²) in [5.74, 6) is 0.958. The van der Waals surface area contributed by atoms with Crippen molar-refractivity contribution in [2.45, 2.75) is 31.9 Å². The minimum atomic E-state index is -0.342. The van der Waals surface area contributed by atoms with Gasteiger partial charge in [-0.25, -0.2) is 0 Å². The van der Waals surface area contributed by atoms with Crippen LogP contribution >= 0.6 is 0 Å². The minimum Gasteiger partial charge on any atom is -0.496 e. The standard InChI is InChI=1S/C18H22N2O2/c1-11(21)12-6-7-15-18-13(8-9-20(15)10-12)17-14(19-18)4-3-5-16(17)22-2/h3-6,11,15,19,21H,7-10H2,1-2H3/t11-,15+/m1/s1. The van der Waals surface area contributed by atoms with Crippen LogP contribution in [-0.4, -0.2) is 41.3 Å². The summed E-state index contributed by atoms with van der Waals surface area (Å²) in [6.45, 7) is 3.76. The Morgan fingerprint density at radius 2 is 2.27 bits per heavy atom. The number of H-pyrrole nitrogens is 1. The lowest BCUT2D eigenvalue weighted by atomic mass is 9.90. The second kappa shape index (κ2) is 5.14. The van der Waals surface area contributed by atoms with Crippen molar-refractivity contribution in [3.63, 3.8) is 0 Å². The fourth-order valence-corrected chi connectivity index (χ4v) is 3.93. The summed E-state index contributed by atoms with van der Waals surface area (Å²) in [5, 5.41) is 11.1. The summed E-state index contributed by atoms with van der Waals surface area (Å²) in [6, 6.07) is 6.59. The van der Waals surface area contributed by atoms with Crippen LogP contribution < -0.4 is 4.74 Å². The van der Waals surface area contributed by atoms with Gasteiger partial charge in [0, 0.05) is 29.7 Å². The number of aromatic amines is 1. The highest BCUT2D eigenvalue weighted by Gasteiger charge is 2.33.